The quantitative estimate of drug-likeness (QED) is 0.760. The Morgan fingerprint density at radius 3 is 2.60 bits per heavy atom. The molecule has 0 spiro atoms. The van der Waals surface area contributed by atoms with Crippen LogP contribution in [0.15, 0.2) is 30.5 Å². The number of H-pyrrole nitrogens is 1. The molecule has 2 rings (SSSR count). The average molecular weight is 203 g/mol. The van der Waals surface area contributed by atoms with E-state index in [0.717, 1.165) is 29.0 Å². The van der Waals surface area contributed by atoms with Gasteiger partial charge in [0.1, 0.15) is 12.6 Å². The first-order chi connectivity index (χ1) is 7.33. The zero-order chi connectivity index (χ0) is 11.1. The van der Waals surface area contributed by atoms with E-state index < -0.39 is 0 Å². The van der Waals surface area contributed by atoms with Gasteiger partial charge in [0.2, 0.25) is 0 Å². The summed E-state index contributed by atoms with van der Waals surface area (Å²) in [5, 5.41) is 1.14. The molecule has 0 radical (unpaired) electrons. The average Bonchev–Trinajstić information content (AvgIpc) is 2.64. The van der Waals surface area contributed by atoms with Crippen molar-refractivity contribution in [3.8, 4) is 0 Å². The van der Waals surface area contributed by atoms with Crippen LogP contribution >= 0.6 is 0 Å². The van der Waals surface area contributed by atoms with Gasteiger partial charge in [0.15, 0.2) is 0 Å². The van der Waals surface area contributed by atoms with Gasteiger partial charge in [-0.3, -0.25) is 0 Å². The van der Waals surface area contributed by atoms with Crippen molar-refractivity contribution < 1.29 is 9.59 Å². The topological polar surface area (TPSA) is 49.9 Å². The van der Waals surface area contributed by atoms with Gasteiger partial charge in [-0.15, -0.1) is 0 Å². The summed E-state index contributed by atoms with van der Waals surface area (Å²) in [4.78, 5) is 22.2. The molecule has 0 aliphatic rings. The Bertz CT molecular complexity index is 446. The van der Waals surface area contributed by atoms with Crippen LogP contribution in [0.5, 0.6) is 0 Å². The lowest BCUT2D eigenvalue weighted by Crippen LogP contribution is -1.81. The van der Waals surface area contributed by atoms with Crippen LogP contribution in [0.1, 0.15) is 12.5 Å². The summed E-state index contributed by atoms with van der Waals surface area (Å²) in [7, 11) is 0. The Hall–Kier alpha value is -1.90. The predicted octanol–water partition coefficient (Wildman–Crippen LogP) is 2.11. The number of nitrogens with one attached hydrogen (secondary N) is 1. The van der Waals surface area contributed by atoms with Crippen LogP contribution in [0.4, 0.5) is 0 Å². The van der Waals surface area contributed by atoms with Gasteiger partial charge < -0.3 is 14.6 Å². The molecule has 0 amide bonds. The highest BCUT2D eigenvalue weighted by molar-refractivity contribution is 5.84. The first kappa shape index (κ1) is 11.2. The third-order valence-corrected chi connectivity index (χ3v) is 1.98. The molecule has 3 heteroatoms. The largest absolute Gasteiger partial charge is 0.361 e. The van der Waals surface area contributed by atoms with E-state index in [1.54, 1.807) is 0 Å². The van der Waals surface area contributed by atoms with Gasteiger partial charge in [-0.25, -0.2) is 0 Å². The number of rotatable bonds is 2. The molecule has 3 nitrogen and oxygen atoms in total. The van der Waals surface area contributed by atoms with E-state index in [1.807, 2.05) is 30.5 Å². The van der Waals surface area contributed by atoms with Gasteiger partial charge in [0, 0.05) is 23.5 Å². The Labute approximate surface area is 88.1 Å². The molecule has 0 aliphatic carbocycles. The number of benzene rings is 1. The van der Waals surface area contributed by atoms with Gasteiger partial charge in [0.25, 0.3) is 0 Å². The minimum atomic E-state index is 0.490. The van der Waals surface area contributed by atoms with Crippen molar-refractivity contribution in [3.63, 3.8) is 0 Å². The van der Waals surface area contributed by atoms with E-state index in [2.05, 4.69) is 4.98 Å². The fourth-order valence-corrected chi connectivity index (χ4v) is 1.39. The first-order valence-electron chi connectivity index (χ1n) is 4.72. The van der Waals surface area contributed by atoms with E-state index in [1.165, 1.54) is 6.92 Å². The molecule has 1 heterocycles. The maximum atomic E-state index is 10.3. The third kappa shape index (κ3) is 2.77. The van der Waals surface area contributed by atoms with Crippen LogP contribution in [0.25, 0.3) is 10.9 Å². The smallest absolute Gasteiger partial charge is 0.124 e. The zero-order valence-electron chi connectivity index (χ0n) is 8.57. The second-order valence-electron chi connectivity index (χ2n) is 2.97. The number of hydrogen-bond acceptors (Lipinski definition) is 2. The summed E-state index contributed by atoms with van der Waals surface area (Å²) >= 11 is 0. The molecule has 2 aromatic rings. The molecule has 0 aliphatic heterocycles. The Morgan fingerprint density at radius 1 is 1.27 bits per heavy atom. The van der Waals surface area contributed by atoms with E-state index in [-0.39, 0.29) is 0 Å². The second kappa shape index (κ2) is 5.75. The molecule has 0 unspecified atom stereocenters. The standard InChI is InChI=1S/C10H9NO.C2H4O/c12-6-5-8-7-11-10-4-2-1-3-9(8)10;1-2-3/h1-4,6-7,11H,5H2;2H,1H3. The van der Waals surface area contributed by atoms with Gasteiger partial charge in [0.05, 0.1) is 0 Å². The monoisotopic (exact) mass is 203 g/mol. The zero-order valence-corrected chi connectivity index (χ0v) is 8.57. The highest BCUT2D eigenvalue weighted by Crippen LogP contribution is 2.16. The Morgan fingerprint density at radius 2 is 1.93 bits per heavy atom. The summed E-state index contributed by atoms with van der Waals surface area (Å²) in [5.41, 5.74) is 2.16. The molecule has 0 bridgehead atoms. The Balaban J connectivity index is 0.000000337. The van der Waals surface area contributed by atoms with Crippen LogP contribution in [0.2, 0.25) is 0 Å². The van der Waals surface area contributed by atoms with E-state index >= 15 is 0 Å². The van der Waals surface area contributed by atoms with E-state index in [9.17, 15) is 4.79 Å². The van der Waals surface area contributed by atoms with Crippen molar-refractivity contribution >= 4 is 23.5 Å². The molecular weight excluding hydrogens is 190 g/mol. The lowest BCUT2D eigenvalue weighted by atomic mass is 10.1. The van der Waals surface area contributed by atoms with Crippen molar-refractivity contribution in [3.05, 3.63) is 36.0 Å². The van der Waals surface area contributed by atoms with Gasteiger partial charge in [-0.1, -0.05) is 18.2 Å². The normalized spacial score (nSPS) is 9.13. The van der Waals surface area contributed by atoms with Crippen LogP contribution in [-0.4, -0.2) is 17.6 Å². The molecule has 0 saturated carbocycles. The minimum Gasteiger partial charge on any atom is -0.361 e. The van der Waals surface area contributed by atoms with Crippen molar-refractivity contribution in [2.75, 3.05) is 0 Å². The van der Waals surface area contributed by atoms with E-state index in [4.69, 9.17) is 4.79 Å². The molecule has 15 heavy (non-hydrogen) atoms. The molecule has 1 N–H and O–H groups in total. The molecule has 0 fully saturated rings. The molecule has 1 aromatic heterocycles. The summed E-state index contributed by atoms with van der Waals surface area (Å²) in [6.45, 7) is 1.44. The van der Waals surface area contributed by atoms with Crippen LogP contribution < -0.4 is 0 Å². The van der Waals surface area contributed by atoms with Crippen molar-refractivity contribution in [2.45, 2.75) is 13.3 Å². The second-order valence-corrected chi connectivity index (χ2v) is 2.97. The molecule has 0 atom stereocenters. The van der Waals surface area contributed by atoms with Crippen molar-refractivity contribution in [1.29, 1.82) is 0 Å². The molecule has 0 saturated heterocycles. The summed E-state index contributed by atoms with van der Waals surface area (Å²) in [6.07, 6.45) is 4.05. The number of aromatic nitrogens is 1. The third-order valence-electron chi connectivity index (χ3n) is 1.98. The SMILES string of the molecule is CC=O.O=CCc1c[nH]c2ccccc12. The number of carbonyl (C=O) groups excluding carboxylic acids is 2. The van der Waals surface area contributed by atoms with Crippen LogP contribution in [-0.2, 0) is 16.0 Å². The van der Waals surface area contributed by atoms with Gasteiger partial charge in [-0.05, 0) is 18.6 Å². The molecule has 1 aromatic carbocycles. The van der Waals surface area contributed by atoms with Crippen LogP contribution in [0, 0.1) is 0 Å². The maximum absolute atomic E-state index is 10.3. The lowest BCUT2D eigenvalue weighted by molar-refractivity contribution is -0.107. The van der Waals surface area contributed by atoms with E-state index in [0.29, 0.717) is 6.42 Å². The molecule has 78 valence electrons. The Kier molecular flexibility index (Phi) is 4.29. The number of aromatic amines is 1. The first-order valence-corrected chi connectivity index (χ1v) is 4.72. The number of para-hydroxylation sites is 1. The summed E-state index contributed by atoms with van der Waals surface area (Å²) < 4.78 is 0. The van der Waals surface area contributed by atoms with Gasteiger partial charge in [-0.2, -0.15) is 0 Å². The highest BCUT2D eigenvalue weighted by atomic mass is 16.1. The van der Waals surface area contributed by atoms with Crippen LogP contribution in [0.3, 0.4) is 0 Å². The van der Waals surface area contributed by atoms with Crippen molar-refractivity contribution in [1.82, 2.24) is 4.98 Å². The summed E-state index contributed by atoms with van der Waals surface area (Å²) in [6, 6.07) is 7.97. The minimum absolute atomic E-state index is 0.490. The number of fused-ring (bicyclic) bond motifs is 1. The number of carbonyl (C=O) groups is 2. The number of aldehydes is 2. The molecular formula is C12H13NO2. The lowest BCUT2D eigenvalue weighted by Gasteiger charge is -1.90. The van der Waals surface area contributed by atoms with Gasteiger partial charge >= 0.3 is 0 Å². The highest BCUT2D eigenvalue weighted by Gasteiger charge is 2.00. The summed E-state index contributed by atoms with van der Waals surface area (Å²) in [5.74, 6) is 0. The fourth-order valence-electron chi connectivity index (χ4n) is 1.39. The number of hydrogen-bond donors (Lipinski definition) is 1. The fraction of sp³-hybridized carbons (Fsp3) is 0.167. The predicted molar refractivity (Wildman–Crippen MR) is 59.8 cm³/mol. The van der Waals surface area contributed by atoms with Crippen molar-refractivity contribution in [2.24, 2.45) is 0 Å². The maximum Gasteiger partial charge on any atom is 0.124 e.